The third-order valence-electron chi connectivity index (χ3n) is 4.04. The Balaban J connectivity index is 1.72. The second kappa shape index (κ2) is 5.76. The van der Waals surface area contributed by atoms with Crippen molar-refractivity contribution in [2.75, 3.05) is 0 Å². The molecular weight excluding hydrogens is 373 g/mol. The minimum atomic E-state index is 0.454. The molecule has 0 aliphatic carbocycles. The van der Waals surface area contributed by atoms with Crippen LogP contribution >= 0.6 is 23.2 Å². The molecule has 0 aliphatic rings. The first-order valence-electron chi connectivity index (χ1n) is 7.65. The molecule has 126 valence electrons. The van der Waals surface area contributed by atoms with E-state index in [-0.39, 0.29) is 0 Å². The number of pyridine rings is 1. The molecule has 1 aromatic carbocycles. The minimum absolute atomic E-state index is 0.454. The second-order valence-corrected chi connectivity index (χ2v) is 6.41. The first-order valence-corrected chi connectivity index (χ1v) is 8.41. The molecule has 0 N–H and O–H groups in total. The molecule has 0 saturated carbocycles. The number of fused-ring (bicyclic) bond motifs is 3. The molecule has 0 saturated heterocycles. The van der Waals surface area contributed by atoms with E-state index in [0.29, 0.717) is 27.2 Å². The molecule has 4 heterocycles. The lowest BCUT2D eigenvalue weighted by Crippen LogP contribution is -1.99. The molecule has 0 aliphatic heterocycles. The molecule has 0 radical (unpaired) electrons. The number of nitrogens with zero attached hydrogens (tertiary/aromatic N) is 7. The molecule has 9 heteroatoms. The normalized spacial score (nSPS) is 11.5. The van der Waals surface area contributed by atoms with Gasteiger partial charge in [0.2, 0.25) is 0 Å². The number of hydrogen-bond acceptors (Lipinski definition) is 5. The summed E-state index contributed by atoms with van der Waals surface area (Å²) in [6.07, 6.45) is 6.84. The third kappa shape index (κ3) is 2.25. The quantitative estimate of drug-likeness (QED) is 0.464. The number of rotatable bonds is 2. The lowest BCUT2D eigenvalue weighted by atomic mass is 10.3. The monoisotopic (exact) mass is 381 g/mol. The Morgan fingerprint density at radius 1 is 0.923 bits per heavy atom. The zero-order valence-corrected chi connectivity index (χ0v) is 14.6. The van der Waals surface area contributed by atoms with Gasteiger partial charge in [-0.15, -0.1) is 10.2 Å². The molecule has 5 rings (SSSR count). The van der Waals surface area contributed by atoms with Gasteiger partial charge < -0.3 is 0 Å². The van der Waals surface area contributed by atoms with Crippen molar-refractivity contribution in [3.63, 3.8) is 0 Å². The van der Waals surface area contributed by atoms with Crippen molar-refractivity contribution in [3.8, 4) is 17.1 Å². The fourth-order valence-electron chi connectivity index (χ4n) is 2.82. The van der Waals surface area contributed by atoms with Crippen LogP contribution in [-0.2, 0) is 0 Å². The number of halogens is 2. The van der Waals surface area contributed by atoms with Crippen molar-refractivity contribution < 1.29 is 0 Å². The average Bonchev–Trinajstić information content (AvgIpc) is 3.28. The zero-order valence-electron chi connectivity index (χ0n) is 13.1. The van der Waals surface area contributed by atoms with E-state index in [1.807, 2.05) is 22.6 Å². The molecule has 0 bridgehead atoms. The van der Waals surface area contributed by atoms with Gasteiger partial charge in [-0.25, -0.2) is 9.67 Å². The van der Waals surface area contributed by atoms with Crippen LogP contribution in [0.2, 0.25) is 10.0 Å². The van der Waals surface area contributed by atoms with Gasteiger partial charge in [-0.2, -0.15) is 5.10 Å². The van der Waals surface area contributed by atoms with Gasteiger partial charge in [-0.1, -0.05) is 23.2 Å². The molecule has 0 unspecified atom stereocenters. The van der Waals surface area contributed by atoms with Gasteiger partial charge in [0.25, 0.3) is 0 Å². The SMILES string of the molecule is Clc1ccc(-n2ncc3c2ncn2c(-c4cccnc4)nnc32)cc1Cl. The Kier molecular flexibility index (Phi) is 3.37. The fraction of sp³-hybridized carbons (Fsp3) is 0. The summed E-state index contributed by atoms with van der Waals surface area (Å²) in [5, 5.41) is 14.7. The highest BCUT2D eigenvalue weighted by Crippen LogP contribution is 2.27. The Bertz CT molecular complexity index is 1260. The van der Waals surface area contributed by atoms with Gasteiger partial charge in [0.15, 0.2) is 17.1 Å². The van der Waals surface area contributed by atoms with E-state index in [9.17, 15) is 0 Å². The Labute approximate surface area is 156 Å². The summed E-state index contributed by atoms with van der Waals surface area (Å²) >= 11 is 12.1. The predicted octanol–water partition coefficient (Wildman–Crippen LogP) is 3.83. The van der Waals surface area contributed by atoms with Crippen LogP contribution in [0.4, 0.5) is 0 Å². The van der Waals surface area contributed by atoms with Crippen molar-refractivity contribution in [3.05, 3.63) is 65.3 Å². The van der Waals surface area contributed by atoms with Gasteiger partial charge in [-0.05, 0) is 30.3 Å². The highest BCUT2D eigenvalue weighted by atomic mass is 35.5. The van der Waals surface area contributed by atoms with Crippen molar-refractivity contribution in [2.24, 2.45) is 0 Å². The highest BCUT2D eigenvalue weighted by molar-refractivity contribution is 6.42. The van der Waals surface area contributed by atoms with E-state index < -0.39 is 0 Å². The van der Waals surface area contributed by atoms with Crippen LogP contribution in [0.15, 0.2) is 55.2 Å². The van der Waals surface area contributed by atoms with Gasteiger partial charge in [0.05, 0.1) is 27.3 Å². The topological polar surface area (TPSA) is 73.8 Å². The number of benzene rings is 1. The Morgan fingerprint density at radius 3 is 2.65 bits per heavy atom. The van der Waals surface area contributed by atoms with Crippen LogP contribution < -0.4 is 0 Å². The Hall–Kier alpha value is -3.03. The predicted molar refractivity (Wildman–Crippen MR) is 98.7 cm³/mol. The molecule has 0 atom stereocenters. The summed E-state index contributed by atoms with van der Waals surface area (Å²) in [6, 6.07) is 9.07. The van der Waals surface area contributed by atoms with Crippen molar-refractivity contribution in [2.45, 2.75) is 0 Å². The molecule has 5 aromatic rings. The standard InChI is InChI=1S/C17H9Cl2N7/c18-13-4-3-11(6-14(13)19)26-16-12(8-22-26)17-24-23-15(25(17)9-21-16)10-2-1-5-20-7-10/h1-9H. The summed E-state index contributed by atoms with van der Waals surface area (Å²) in [5.74, 6) is 0.671. The lowest BCUT2D eigenvalue weighted by molar-refractivity contribution is 0.893. The number of aromatic nitrogens is 7. The Morgan fingerprint density at radius 2 is 1.85 bits per heavy atom. The van der Waals surface area contributed by atoms with Gasteiger partial charge >= 0.3 is 0 Å². The second-order valence-electron chi connectivity index (χ2n) is 5.60. The maximum absolute atomic E-state index is 6.12. The van der Waals surface area contributed by atoms with E-state index >= 15 is 0 Å². The summed E-state index contributed by atoms with van der Waals surface area (Å²) in [5.41, 5.74) is 2.94. The van der Waals surface area contributed by atoms with Crippen molar-refractivity contribution in [1.29, 1.82) is 0 Å². The summed E-state index contributed by atoms with van der Waals surface area (Å²) in [7, 11) is 0. The molecule has 0 amide bonds. The van der Waals surface area contributed by atoms with E-state index in [4.69, 9.17) is 23.2 Å². The summed E-state index contributed by atoms with van der Waals surface area (Å²) in [6.45, 7) is 0. The molecule has 4 aromatic heterocycles. The van der Waals surface area contributed by atoms with Crippen molar-refractivity contribution >= 4 is 39.9 Å². The molecule has 7 nitrogen and oxygen atoms in total. The third-order valence-corrected chi connectivity index (χ3v) is 4.78. The molecule has 26 heavy (non-hydrogen) atoms. The zero-order chi connectivity index (χ0) is 17.7. The highest BCUT2D eigenvalue weighted by Gasteiger charge is 2.15. The molecular formula is C17H9Cl2N7. The molecule has 0 fully saturated rings. The van der Waals surface area contributed by atoms with Crippen LogP contribution in [0.1, 0.15) is 0 Å². The van der Waals surface area contributed by atoms with Crippen LogP contribution in [0.3, 0.4) is 0 Å². The maximum atomic E-state index is 6.12. The van der Waals surface area contributed by atoms with Crippen LogP contribution in [0, 0.1) is 0 Å². The van der Waals surface area contributed by atoms with Crippen LogP contribution in [-0.4, -0.2) is 34.3 Å². The summed E-state index contributed by atoms with van der Waals surface area (Å²) < 4.78 is 3.51. The van der Waals surface area contributed by atoms with Gasteiger partial charge in [0, 0.05) is 18.0 Å². The van der Waals surface area contributed by atoms with E-state index in [2.05, 4.69) is 25.3 Å². The number of hydrogen-bond donors (Lipinski definition) is 0. The van der Waals surface area contributed by atoms with Crippen LogP contribution in [0.5, 0.6) is 0 Å². The van der Waals surface area contributed by atoms with Gasteiger partial charge in [0.1, 0.15) is 6.33 Å². The van der Waals surface area contributed by atoms with Crippen molar-refractivity contribution in [1.82, 2.24) is 34.3 Å². The van der Waals surface area contributed by atoms with E-state index in [0.717, 1.165) is 16.6 Å². The lowest BCUT2D eigenvalue weighted by Gasteiger charge is -2.05. The first kappa shape index (κ1) is 15.2. The first-order chi connectivity index (χ1) is 12.7. The van der Waals surface area contributed by atoms with Crippen LogP contribution in [0.25, 0.3) is 33.8 Å². The maximum Gasteiger partial charge on any atom is 0.175 e. The minimum Gasteiger partial charge on any atom is -0.264 e. The van der Waals surface area contributed by atoms with Gasteiger partial charge in [-0.3, -0.25) is 9.38 Å². The fourth-order valence-corrected chi connectivity index (χ4v) is 3.11. The largest absolute Gasteiger partial charge is 0.264 e. The van der Waals surface area contributed by atoms with E-state index in [1.165, 1.54) is 0 Å². The van der Waals surface area contributed by atoms with E-state index in [1.54, 1.807) is 41.7 Å². The summed E-state index contributed by atoms with van der Waals surface area (Å²) in [4.78, 5) is 8.67. The molecule has 0 spiro atoms. The average molecular weight is 382 g/mol. The smallest absolute Gasteiger partial charge is 0.175 e.